The molecule has 2 rings (SSSR count). The smallest absolute Gasteiger partial charge is 0.226 e. The second-order valence-electron chi connectivity index (χ2n) is 4.98. The van der Waals surface area contributed by atoms with Gasteiger partial charge in [-0.3, -0.25) is 9.78 Å². The molecule has 0 bridgehead atoms. The van der Waals surface area contributed by atoms with Gasteiger partial charge in [-0.15, -0.1) is 0 Å². The van der Waals surface area contributed by atoms with Crippen LogP contribution in [0.1, 0.15) is 31.4 Å². The summed E-state index contributed by atoms with van der Waals surface area (Å²) >= 11 is 0. The zero-order chi connectivity index (χ0) is 12.8. The molecule has 0 unspecified atom stereocenters. The van der Waals surface area contributed by atoms with Crippen LogP contribution in [0.25, 0.3) is 0 Å². The van der Waals surface area contributed by atoms with Gasteiger partial charge in [-0.25, -0.2) is 0 Å². The van der Waals surface area contributed by atoms with Gasteiger partial charge in [-0.1, -0.05) is 12.5 Å². The first-order chi connectivity index (χ1) is 8.78. The van der Waals surface area contributed by atoms with E-state index in [4.69, 9.17) is 5.11 Å². The van der Waals surface area contributed by atoms with Crippen molar-refractivity contribution in [3.05, 3.63) is 30.1 Å². The van der Waals surface area contributed by atoms with E-state index in [1.807, 2.05) is 18.2 Å². The molecular weight excluding hydrogens is 228 g/mol. The van der Waals surface area contributed by atoms with Gasteiger partial charge in [0.25, 0.3) is 0 Å². The van der Waals surface area contributed by atoms with E-state index in [2.05, 4.69) is 10.3 Å². The normalized spacial score (nSPS) is 23.6. The Morgan fingerprint density at radius 2 is 2.33 bits per heavy atom. The quantitative estimate of drug-likeness (QED) is 0.844. The van der Waals surface area contributed by atoms with Gasteiger partial charge in [0.05, 0.1) is 6.42 Å². The molecule has 4 nitrogen and oxygen atoms in total. The molecule has 98 valence electrons. The SMILES string of the molecule is O=C(Cc1ccccn1)N[C@H]1CCC[C@@H](CO)C1. The molecule has 1 amide bonds. The molecule has 0 radical (unpaired) electrons. The second-order valence-corrected chi connectivity index (χ2v) is 4.98. The summed E-state index contributed by atoms with van der Waals surface area (Å²) in [5, 5.41) is 12.2. The Hall–Kier alpha value is -1.42. The topological polar surface area (TPSA) is 62.2 Å². The fourth-order valence-corrected chi connectivity index (χ4v) is 2.53. The highest BCUT2D eigenvalue weighted by Gasteiger charge is 2.22. The predicted molar refractivity (Wildman–Crippen MR) is 68.9 cm³/mol. The van der Waals surface area contributed by atoms with Gasteiger partial charge in [-0.2, -0.15) is 0 Å². The van der Waals surface area contributed by atoms with E-state index in [-0.39, 0.29) is 18.6 Å². The summed E-state index contributed by atoms with van der Waals surface area (Å²) in [5.74, 6) is 0.371. The standard InChI is InChI=1S/C14H20N2O2/c17-10-11-4-3-6-13(8-11)16-14(18)9-12-5-1-2-7-15-12/h1-2,5,7,11,13,17H,3-4,6,8-10H2,(H,16,18)/t11-,13+/m1/s1. The molecule has 1 aromatic heterocycles. The summed E-state index contributed by atoms with van der Waals surface area (Å²) in [5.41, 5.74) is 0.796. The highest BCUT2D eigenvalue weighted by atomic mass is 16.3. The van der Waals surface area contributed by atoms with E-state index in [1.54, 1.807) is 6.20 Å². The number of amides is 1. The van der Waals surface area contributed by atoms with E-state index in [0.29, 0.717) is 12.3 Å². The first-order valence-electron chi connectivity index (χ1n) is 6.58. The van der Waals surface area contributed by atoms with Crippen molar-refractivity contribution in [2.45, 2.75) is 38.1 Å². The molecule has 0 spiro atoms. The Morgan fingerprint density at radius 3 is 3.06 bits per heavy atom. The molecule has 2 N–H and O–H groups in total. The van der Waals surface area contributed by atoms with Crippen molar-refractivity contribution in [2.75, 3.05) is 6.61 Å². The highest BCUT2D eigenvalue weighted by Crippen LogP contribution is 2.23. The van der Waals surface area contributed by atoms with Crippen LogP contribution in [0.3, 0.4) is 0 Å². The summed E-state index contributed by atoms with van der Waals surface area (Å²) in [4.78, 5) is 16.0. The molecule has 4 heteroatoms. The van der Waals surface area contributed by atoms with E-state index in [0.717, 1.165) is 31.4 Å². The number of nitrogens with one attached hydrogen (secondary N) is 1. The Bertz CT molecular complexity index is 381. The fraction of sp³-hybridized carbons (Fsp3) is 0.571. The molecule has 1 saturated carbocycles. The lowest BCUT2D eigenvalue weighted by Crippen LogP contribution is -2.39. The molecule has 1 fully saturated rings. The maximum absolute atomic E-state index is 11.9. The predicted octanol–water partition coefficient (Wildman–Crippen LogP) is 1.29. The highest BCUT2D eigenvalue weighted by molar-refractivity contribution is 5.78. The fourth-order valence-electron chi connectivity index (χ4n) is 2.53. The van der Waals surface area contributed by atoms with Crippen molar-refractivity contribution < 1.29 is 9.90 Å². The number of aliphatic hydroxyl groups excluding tert-OH is 1. The monoisotopic (exact) mass is 248 g/mol. The molecule has 1 heterocycles. The van der Waals surface area contributed by atoms with Gasteiger partial charge in [0.2, 0.25) is 5.91 Å². The van der Waals surface area contributed by atoms with Crippen molar-refractivity contribution in [3.63, 3.8) is 0 Å². The van der Waals surface area contributed by atoms with E-state index >= 15 is 0 Å². The molecule has 1 aliphatic carbocycles. The Morgan fingerprint density at radius 1 is 1.44 bits per heavy atom. The average Bonchev–Trinajstić information content (AvgIpc) is 2.40. The minimum atomic E-state index is 0.0253. The van der Waals surface area contributed by atoms with Crippen molar-refractivity contribution in [3.8, 4) is 0 Å². The number of aliphatic hydroxyl groups is 1. The number of nitrogens with zero attached hydrogens (tertiary/aromatic N) is 1. The minimum Gasteiger partial charge on any atom is -0.396 e. The maximum Gasteiger partial charge on any atom is 0.226 e. The Kier molecular flexibility index (Phi) is 4.70. The summed E-state index contributed by atoms with van der Waals surface area (Å²) < 4.78 is 0. The largest absolute Gasteiger partial charge is 0.396 e. The number of hydrogen-bond acceptors (Lipinski definition) is 3. The summed E-state index contributed by atoms with van der Waals surface area (Å²) in [6.45, 7) is 0.229. The third kappa shape index (κ3) is 3.81. The first kappa shape index (κ1) is 13.0. The molecule has 1 aromatic rings. The lowest BCUT2D eigenvalue weighted by atomic mass is 9.86. The van der Waals surface area contributed by atoms with E-state index in [9.17, 15) is 4.79 Å². The van der Waals surface area contributed by atoms with Gasteiger partial charge in [0.15, 0.2) is 0 Å². The third-order valence-corrected chi connectivity index (χ3v) is 3.47. The van der Waals surface area contributed by atoms with E-state index in [1.165, 1.54) is 0 Å². The third-order valence-electron chi connectivity index (χ3n) is 3.47. The number of carbonyl (C=O) groups is 1. The first-order valence-corrected chi connectivity index (χ1v) is 6.58. The molecule has 2 atom stereocenters. The summed E-state index contributed by atoms with van der Waals surface area (Å²) in [6, 6.07) is 5.80. The van der Waals surface area contributed by atoms with Crippen LogP contribution in [-0.4, -0.2) is 28.6 Å². The van der Waals surface area contributed by atoms with Crippen molar-refractivity contribution in [2.24, 2.45) is 5.92 Å². The molecule has 18 heavy (non-hydrogen) atoms. The van der Waals surface area contributed by atoms with Crippen LogP contribution in [0.15, 0.2) is 24.4 Å². The van der Waals surface area contributed by atoms with Crippen LogP contribution in [0.4, 0.5) is 0 Å². The Labute approximate surface area is 107 Å². The number of aromatic nitrogens is 1. The van der Waals surface area contributed by atoms with Gasteiger partial charge < -0.3 is 10.4 Å². The zero-order valence-electron chi connectivity index (χ0n) is 10.5. The lowest BCUT2D eigenvalue weighted by Gasteiger charge is -2.28. The second kappa shape index (κ2) is 6.50. The number of rotatable bonds is 4. The number of hydrogen-bond donors (Lipinski definition) is 2. The number of pyridine rings is 1. The van der Waals surface area contributed by atoms with Crippen LogP contribution < -0.4 is 5.32 Å². The molecule has 0 aliphatic heterocycles. The van der Waals surface area contributed by atoms with Crippen molar-refractivity contribution >= 4 is 5.91 Å². The van der Waals surface area contributed by atoms with Crippen molar-refractivity contribution in [1.82, 2.24) is 10.3 Å². The van der Waals surface area contributed by atoms with Gasteiger partial charge in [-0.05, 0) is 37.3 Å². The molecule has 0 saturated heterocycles. The van der Waals surface area contributed by atoms with Crippen molar-refractivity contribution in [1.29, 1.82) is 0 Å². The molecular formula is C14H20N2O2. The van der Waals surface area contributed by atoms with Crippen LogP contribution >= 0.6 is 0 Å². The molecule has 0 aromatic carbocycles. The average molecular weight is 248 g/mol. The van der Waals surface area contributed by atoms with Crippen LogP contribution in [-0.2, 0) is 11.2 Å². The van der Waals surface area contributed by atoms with E-state index < -0.39 is 0 Å². The van der Waals surface area contributed by atoms with Gasteiger partial charge >= 0.3 is 0 Å². The Balaban J connectivity index is 1.80. The summed E-state index contributed by atoms with van der Waals surface area (Å²) in [7, 11) is 0. The lowest BCUT2D eigenvalue weighted by molar-refractivity contribution is -0.121. The van der Waals surface area contributed by atoms with Crippen LogP contribution in [0.2, 0.25) is 0 Å². The van der Waals surface area contributed by atoms with Crippen LogP contribution in [0.5, 0.6) is 0 Å². The van der Waals surface area contributed by atoms with Crippen LogP contribution in [0, 0.1) is 5.92 Å². The summed E-state index contributed by atoms with van der Waals surface area (Å²) in [6.07, 6.45) is 6.10. The van der Waals surface area contributed by atoms with Gasteiger partial charge in [0, 0.05) is 24.5 Å². The minimum absolute atomic E-state index is 0.0253. The number of carbonyl (C=O) groups excluding carboxylic acids is 1. The molecule has 1 aliphatic rings. The zero-order valence-corrected chi connectivity index (χ0v) is 10.5. The van der Waals surface area contributed by atoms with Gasteiger partial charge in [0.1, 0.15) is 0 Å². The maximum atomic E-state index is 11.9.